The molecule has 0 aromatic heterocycles. The van der Waals surface area contributed by atoms with E-state index in [-0.39, 0.29) is 46.4 Å². The summed E-state index contributed by atoms with van der Waals surface area (Å²) >= 11 is 0. The lowest BCUT2D eigenvalue weighted by Gasteiger charge is -2.47. The number of oxime groups is 1. The van der Waals surface area contributed by atoms with Gasteiger partial charge in [-0.3, -0.25) is 19.3 Å². The normalized spacial score (nSPS) is 28.5. The lowest BCUT2D eigenvalue weighted by Crippen LogP contribution is -2.67. The number of amides is 2. The average Bonchev–Trinajstić information content (AvgIpc) is 1.64. The Kier molecular flexibility index (Phi) is 18.2. The number of hydrogen-bond acceptors (Lipinski definition) is 22. The third-order valence-electron chi connectivity index (χ3n) is 15.9. The molecule has 23 nitrogen and oxygen atoms in total. The Hall–Kier alpha value is -8.88. The number of imide groups is 1. The summed E-state index contributed by atoms with van der Waals surface area (Å²) in [6.45, 7) is 7.29. The van der Waals surface area contributed by atoms with Gasteiger partial charge in [-0.1, -0.05) is 120 Å². The minimum absolute atomic E-state index is 0.00979. The van der Waals surface area contributed by atoms with Crippen molar-refractivity contribution in [3.8, 4) is 0 Å². The van der Waals surface area contributed by atoms with Gasteiger partial charge in [-0.25, -0.2) is 19.2 Å². The topological polar surface area (TPSA) is 264 Å². The first-order valence-corrected chi connectivity index (χ1v) is 29.6. The first kappa shape index (κ1) is 62.3. The number of nitrogens with zero attached hydrogens (tertiary/aromatic N) is 2. The Bertz CT molecular complexity index is 3630. The van der Waals surface area contributed by atoms with Crippen LogP contribution in [-0.2, 0) is 77.8 Å². The summed E-state index contributed by atoms with van der Waals surface area (Å²) < 4.78 is 84.9. The number of hydrogen-bond donors (Lipinski definition) is 0. The summed E-state index contributed by atoms with van der Waals surface area (Å²) in [7, 11) is 0. The maximum absolute atomic E-state index is 15.0. The van der Waals surface area contributed by atoms with E-state index in [2.05, 4.69) is 5.16 Å². The molecule has 5 fully saturated rings. The van der Waals surface area contributed by atoms with E-state index in [1.807, 2.05) is 30.3 Å². The number of fused-ring (bicyclic) bond motifs is 3. The van der Waals surface area contributed by atoms with Crippen LogP contribution in [0.2, 0.25) is 0 Å². The van der Waals surface area contributed by atoms with Crippen molar-refractivity contribution in [2.45, 2.75) is 145 Å². The van der Waals surface area contributed by atoms with Gasteiger partial charge in [0, 0.05) is 13.3 Å². The molecule has 14 atom stereocenters. The highest BCUT2D eigenvalue weighted by Gasteiger charge is 2.64. The van der Waals surface area contributed by atoms with E-state index in [0.29, 0.717) is 0 Å². The van der Waals surface area contributed by atoms with Crippen LogP contribution in [0.25, 0.3) is 0 Å². The van der Waals surface area contributed by atoms with Gasteiger partial charge in [0.05, 0.1) is 46.1 Å². The second-order valence-corrected chi connectivity index (χ2v) is 23.1. The highest BCUT2D eigenvalue weighted by molar-refractivity contribution is 6.21. The standard InChI is InChI=1S/C68H64N2O21/c1-38(71)80-46(51-56-57(90-68(4,5)89-56)66(85-51)79-36-39-23-11-6-12-24-39)35-47-53-55(88-67(2,3)87-53)50(70-58(72)44-33-21-22-34-45(44)59(70)73)65(81-47)86-64-49(69-91-63(77)43-31-19-10-20-32-43)54(84-62(76)42-29-17-9-18-30-42)52(83-61(75)41-27-15-8-16-28-41)48(82-64)37-78-60(74)40-25-13-7-14-26-40/h6-34,46-48,50-57,64-66H,35-37H2,1-5H3/b69-49+/t46-,47-,48-,50-,51-,52-,53+,54-,55-,56-,57-,64-,65+,66-/m1/s1. The van der Waals surface area contributed by atoms with Crippen molar-refractivity contribution in [1.29, 1.82) is 0 Å². The maximum Gasteiger partial charge on any atom is 0.365 e. The number of carbonyl (C=O) groups excluding carboxylic acids is 7. The first-order valence-electron chi connectivity index (χ1n) is 29.6. The molecular formula is C68H64N2O21. The monoisotopic (exact) mass is 1240 g/mol. The van der Waals surface area contributed by atoms with Gasteiger partial charge < -0.3 is 66.4 Å². The van der Waals surface area contributed by atoms with Gasteiger partial charge in [-0.15, -0.1) is 0 Å². The lowest BCUT2D eigenvalue weighted by molar-refractivity contribution is -0.312. The molecular weight excluding hydrogens is 1180 g/mol. The van der Waals surface area contributed by atoms with Crippen LogP contribution in [0, 0.1) is 0 Å². The van der Waals surface area contributed by atoms with Crippen LogP contribution in [-0.4, -0.2) is 156 Å². The third-order valence-corrected chi connectivity index (χ3v) is 15.9. The maximum atomic E-state index is 15.0. The quantitative estimate of drug-likeness (QED) is 0.0245. The van der Waals surface area contributed by atoms with Crippen molar-refractivity contribution in [3.63, 3.8) is 0 Å². The van der Waals surface area contributed by atoms with Gasteiger partial charge in [-0.05, 0) is 93.9 Å². The molecule has 0 unspecified atom stereocenters. The van der Waals surface area contributed by atoms with E-state index < -0.39 is 152 Å². The van der Waals surface area contributed by atoms with Crippen LogP contribution in [0.5, 0.6) is 0 Å². The highest BCUT2D eigenvalue weighted by Crippen LogP contribution is 2.47. The lowest BCUT2D eigenvalue weighted by atomic mass is 9.90. The van der Waals surface area contributed by atoms with Crippen molar-refractivity contribution >= 4 is 47.4 Å². The zero-order valence-corrected chi connectivity index (χ0v) is 49.9. The molecule has 0 N–H and O–H groups in total. The molecule has 6 heterocycles. The summed E-state index contributed by atoms with van der Waals surface area (Å²) in [5.41, 5.74) is 0.550. The van der Waals surface area contributed by atoms with E-state index >= 15 is 0 Å². The number of rotatable bonds is 19. The summed E-state index contributed by atoms with van der Waals surface area (Å²) in [6.07, 6.45) is -18.7. The van der Waals surface area contributed by atoms with Crippen molar-refractivity contribution in [2.75, 3.05) is 6.61 Å². The van der Waals surface area contributed by atoms with Crippen molar-refractivity contribution in [1.82, 2.24) is 4.90 Å². The third kappa shape index (κ3) is 13.6. The summed E-state index contributed by atoms with van der Waals surface area (Å²) in [4.78, 5) is 107. The van der Waals surface area contributed by atoms with Crippen LogP contribution in [0.1, 0.15) is 109 Å². The Morgan fingerprint density at radius 2 is 1.03 bits per heavy atom. The second kappa shape index (κ2) is 26.5. The second-order valence-electron chi connectivity index (χ2n) is 23.1. The molecule has 2 amide bonds. The molecule has 6 aliphatic rings. The Morgan fingerprint density at radius 1 is 0.538 bits per heavy atom. The summed E-state index contributed by atoms with van der Waals surface area (Å²) in [5.74, 6) is -8.72. The van der Waals surface area contributed by atoms with E-state index in [1.165, 1.54) is 67.6 Å². The van der Waals surface area contributed by atoms with E-state index in [1.54, 1.807) is 113 Å². The van der Waals surface area contributed by atoms with Crippen LogP contribution in [0.4, 0.5) is 0 Å². The molecule has 91 heavy (non-hydrogen) atoms. The Labute approximate surface area is 522 Å². The fourth-order valence-electron chi connectivity index (χ4n) is 12.0. The van der Waals surface area contributed by atoms with Crippen LogP contribution < -0.4 is 0 Å². The number of carbonyl (C=O) groups is 7. The molecule has 472 valence electrons. The molecule has 0 saturated carbocycles. The Balaban J connectivity index is 0.974. The minimum Gasteiger partial charge on any atom is -0.460 e. The molecule has 0 bridgehead atoms. The molecule has 0 spiro atoms. The predicted molar refractivity (Wildman–Crippen MR) is 314 cm³/mol. The highest BCUT2D eigenvalue weighted by atomic mass is 16.8. The zero-order chi connectivity index (χ0) is 63.6. The minimum atomic E-state index is -2.10. The van der Waals surface area contributed by atoms with E-state index in [4.69, 9.17) is 66.4 Å². The number of benzene rings is 6. The van der Waals surface area contributed by atoms with Crippen molar-refractivity contribution in [3.05, 3.63) is 215 Å². The van der Waals surface area contributed by atoms with Crippen molar-refractivity contribution < 1.29 is 100.0 Å². The van der Waals surface area contributed by atoms with Gasteiger partial charge >= 0.3 is 29.8 Å². The van der Waals surface area contributed by atoms with E-state index in [0.717, 1.165) is 10.5 Å². The SMILES string of the molecule is CC(=O)O[C@H](C[C@H]1O[C@@H](O[C@H]2O[C@H](COC(=O)c3ccccc3)[C@@H](OC(=O)c3ccccc3)[C@H](OC(=O)c3ccccc3)/C2=N\OC(=O)c2ccccc2)[C@H](N2C(=O)c3ccccc3C2=O)[C@H]2OC(C)(C)O[C@H]21)[C@H]1O[C@@H](OCc2ccccc2)[C@@H]2OC(C)(C)O[C@@H]21. The van der Waals surface area contributed by atoms with Crippen LogP contribution in [0.15, 0.2) is 181 Å². The van der Waals surface area contributed by atoms with Gasteiger partial charge in [0.25, 0.3) is 11.8 Å². The fourth-order valence-corrected chi connectivity index (χ4v) is 12.0. The van der Waals surface area contributed by atoms with Crippen LogP contribution in [0.3, 0.4) is 0 Å². The van der Waals surface area contributed by atoms with Gasteiger partial charge in [0.1, 0.15) is 55.4 Å². The number of ether oxygens (including phenoxy) is 13. The molecule has 0 aliphatic carbocycles. The van der Waals surface area contributed by atoms with Gasteiger partial charge in [0.15, 0.2) is 42.1 Å². The molecule has 6 aromatic carbocycles. The Morgan fingerprint density at radius 3 is 1.60 bits per heavy atom. The molecule has 23 heteroatoms. The summed E-state index contributed by atoms with van der Waals surface area (Å²) in [6, 6.07) is 45.2. The molecule has 6 aliphatic heterocycles. The summed E-state index contributed by atoms with van der Waals surface area (Å²) in [5, 5.41) is 4.32. The number of esters is 4. The largest absolute Gasteiger partial charge is 0.460 e. The average molecular weight is 1250 g/mol. The van der Waals surface area contributed by atoms with Gasteiger partial charge in [-0.2, -0.15) is 0 Å². The predicted octanol–water partition coefficient (Wildman–Crippen LogP) is 7.94. The van der Waals surface area contributed by atoms with Crippen molar-refractivity contribution in [2.24, 2.45) is 5.16 Å². The fraction of sp³-hybridized carbons (Fsp3) is 0.353. The molecule has 5 saturated heterocycles. The van der Waals surface area contributed by atoms with Gasteiger partial charge in [0.2, 0.25) is 6.29 Å². The van der Waals surface area contributed by atoms with Crippen LogP contribution >= 0.6 is 0 Å². The smallest absolute Gasteiger partial charge is 0.365 e. The first-order chi connectivity index (χ1) is 43.9. The van der Waals surface area contributed by atoms with E-state index in [9.17, 15) is 33.6 Å². The zero-order valence-electron chi connectivity index (χ0n) is 49.9. The molecule has 6 aromatic rings. The molecule has 0 radical (unpaired) electrons. The molecule has 12 rings (SSSR count).